The van der Waals surface area contributed by atoms with Crippen molar-refractivity contribution in [1.29, 1.82) is 0 Å². The molecule has 372 valence electrons. The molecule has 2 aromatic heterocycles. The van der Waals surface area contributed by atoms with Crippen LogP contribution in [-0.2, 0) is 52.8 Å². The maximum Gasteiger partial charge on any atom is 0.324 e. The van der Waals surface area contributed by atoms with Crippen LogP contribution in [0.25, 0.3) is 33.3 Å². The Morgan fingerprint density at radius 1 is 1.00 bits per heavy atom. The van der Waals surface area contributed by atoms with Crippen LogP contribution < -0.4 is 10.7 Å². The van der Waals surface area contributed by atoms with E-state index in [0.717, 1.165) is 51.9 Å². The zero-order chi connectivity index (χ0) is 49.7. The van der Waals surface area contributed by atoms with Gasteiger partial charge in [-0.05, 0) is 91.0 Å². The molecule has 4 amide bonds. The van der Waals surface area contributed by atoms with Gasteiger partial charge in [0.25, 0.3) is 11.8 Å². The molecule has 17 nitrogen and oxygen atoms in total. The van der Waals surface area contributed by atoms with Gasteiger partial charge >= 0.3 is 5.97 Å². The van der Waals surface area contributed by atoms with Gasteiger partial charge in [0.1, 0.15) is 24.2 Å². The van der Waals surface area contributed by atoms with E-state index in [4.69, 9.17) is 9.47 Å². The Hall–Kier alpha value is -6.35. The van der Waals surface area contributed by atoms with Crippen LogP contribution in [0.5, 0.6) is 5.75 Å². The number of aromatic hydroxyl groups is 1. The van der Waals surface area contributed by atoms with Crippen molar-refractivity contribution in [2.75, 3.05) is 72.7 Å². The van der Waals surface area contributed by atoms with E-state index in [-0.39, 0.29) is 49.6 Å². The first-order chi connectivity index (χ1) is 33.6. The summed E-state index contributed by atoms with van der Waals surface area (Å²) in [6.07, 6.45) is 7.16. The SMILES string of the molecule is CCn1c(-c2cncnc2)c2c3cc(ccc31)-c1cc(O)cc(c1)C[C@H](NC(=O)C(CN(C)C(=O)[C@H]1CCN(C(=O)C#CCN3CCOCC3)C1)C(C)C)C(=O)N1CCC[C@H](N1)C(=O)OCC(C)(C)C2. The fourth-order valence-electron chi connectivity index (χ4n) is 10.2. The number of hydrogen-bond donors (Lipinski definition) is 3. The van der Waals surface area contributed by atoms with Gasteiger partial charge in [0.2, 0.25) is 11.8 Å². The molecule has 1 unspecified atom stereocenters. The monoisotopic (exact) mass is 958 g/mol. The molecule has 3 saturated heterocycles. The highest BCUT2D eigenvalue weighted by atomic mass is 16.5. The number of hydrogen-bond acceptors (Lipinski definition) is 12. The van der Waals surface area contributed by atoms with Crippen molar-refractivity contribution in [3.8, 4) is 40.0 Å². The second kappa shape index (κ2) is 21.7. The standard InChI is InChI=1S/C53H67N9O8/c1-7-61-46-13-12-36-26-41(46)42(48(61)39-28-54-33-55-29-39)27-53(4,5)32-70-52(68)44-10-8-16-62(57-44)51(67)45(24-35-22-38(36)25-40(63)23-35)56-49(65)43(34(2)3)31-58(6)50(66)37-14-17-60(30-37)47(64)11-9-15-59-18-20-69-21-19-59/h12-13,22-23,25-26,28-29,33-34,37,43-45,57,63H,7-8,10,14-21,24,27,30-32H2,1-6H3,(H,56,65)/t37-,43?,44-,45-/m0/s1. The highest BCUT2D eigenvalue weighted by Gasteiger charge is 2.38. The average Bonchev–Trinajstić information content (AvgIpc) is 3.97. The van der Waals surface area contributed by atoms with Crippen LogP contribution in [0.2, 0.25) is 0 Å². The summed E-state index contributed by atoms with van der Waals surface area (Å²) in [5, 5.41) is 16.8. The summed E-state index contributed by atoms with van der Waals surface area (Å²) in [7, 11) is 1.67. The summed E-state index contributed by atoms with van der Waals surface area (Å²) in [6.45, 7) is 15.2. The number of aryl methyl sites for hydroxylation is 1. The summed E-state index contributed by atoms with van der Waals surface area (Å²) < 4.78 is 13.7. The van der Waals surface area contributed by atoms with E-state index in [9.17, 15) is 29.1 Å². The summed E-state index contributed by atoms with van der Waals surface area (Å²) in [6, 6.07) is 9.52. The van der Waals surface area contributed by atoms with Crippen LogP contribution in [-0.4, -0.2) is 154 Å². The molecule has 2 aromatic carbocycles. The Morgan fingerprint density at radius 2 is 1.77 bits per heavy atom. The number of esters is 1. The van der Waals surface area contributed by atoms with Crippen LogP contribution in [0.3, 0.4) is 0 Å². The van der Waals surface area contributed by atoms with Crippen molar-refractivity contribution < 1.29 is 38.6 Å². The molecule has 0 saturated carbocycles. The molecule has 4 aliphatic heterocycles. The number of nitrogens with zero attached hydrogens (tertiary/aromatic N) is 7. The molecule has 0 aliphatic carbocycles. The molecule has 4 aromatic rings. The molecule has 3 fully saturated rings. The molecule has 8 rings (SSSR count). The lowest BCUT2D eigenvalue weighted by Crippen LogP contribution is -2.61. The number of carbonyl (C=O) groups is 5. The number of carbonyl (C=O) groups excluding carboxylic acids is 5. The Kier molecular flexibility index (Phi) is 15.5. The van der Waals surface area contributed by atoms with Gasteiger partial charge in [-0.15, -0.1) is 0 Å². The summed E-state index contributed by atoms with van der Waals surface area (Å²) in [5.74, 6) is 2.54. The fourth-order valence-corrected chi connectivity index (χ4v) is 10.2. The molecule has 4 atom stereocenters. The first-order valence-corrected chi connectivity index (χ1v) is 24.7. The minimum absolute atomic E-state index is 0.000414. The summed E-state index contributed by atoms with van der Waals surface area (Å²) in [5.41, 5.74) is 8.70. The van der Waals surface area contributed by atoms with E-state index < -0.39 is 47.1 Å². The number of likely N-dealkylation sites (tertiary alicyclic amines) is 1. The van der Waals surface area contributed by atoms with Crippen LogP contribution >= 0.6 is 0 Å². The third kappa shape index (κ3) is 11.5. The molecular weight excluding hydrogens is 891 g/mol. The number of morpholine rings is 1. The van der Waals surface area contributed by atoms with Gasteiger partial charge in [0.15, 0.2) is 0 Å². The molecule has 6 heterocycles. The van der Waals surface area contributed by atoms with Crippen LogP contribution in [0.4, 0.5) is 0 Å². The topological polar surface area (TPSA) is 192 Å². The molecule has 3 N–H and O–H groups in total. The smallest absolute Gasteiger partial charge is 0.324 e. The Morgan fingerprint density at radius 3 is 2.51 bits per heavy atom. The zero-order valence-electron chi connectivity index (χ0n) is 41.3. The number of ether oxygens (including phenoxy) is 2. The van der Waals surface area contributed by atoms with Gasteiger partial charge in [-0.25, -0.2) is 15.4 Å². The normalized spacial score (nSPS) is 21.4. The maximum absolute atomic E-state index is 14.7. The minimum Gasteiger partial charge on any atom is -0.508 e. The predicted molar refractivity (Wildman–Crippen MR) is 263 cm³/mol. The van der Waals surface area contributed by atoms with Gasteiger partial charge in [0.05, 0.1) is 43.9 Å². The Balaban J connectivity index is 1.06. The molecule has 6 bridgehead atoms. The third-order valence-corrected chi connectivity index (χ3v) is 14.1. The van der Waals surface area contributed by atoms with Crippen molar-refractivity contribution >= 4 is 40.5 Å². The van der Waals surface area contributed by atoms with Crippen molar-refractivity contribution in [2.45, 2.75) is 85.4 Å². The van der Waals surface area contributed by atoms with E-state index in [1.165, 1.54) is 11.3 Å². The highest BCUT2D eigenvalue weighted by Crippen LogP contribution is 2.40. The van der Waals surface area contributed by atoms with E-state index in [2.05, 4.69) is 74.9 Å². The van der Waals surface area contributed by atoms with Gasteiger partial charge in [-0.3, -0.25) is 33.9 Å². The van der Waals surface area contributed by atoms with E-state index in [1.807, 2.05) is 38.4 Å². The second-order valence-corrected chi connectivity index (χ2v) is 20.3. The lowest BCUT2D eigenvalue weighted by Gasteiger charge is -2.36. The molecule has 17 heteroatoms. The van der Waals surface area contributed by atoms with E-state index >= 15 is 0 Å². The van der Waals surface area contributed by atoms with Gasteiger partial charge in [-0.2, -0.15) is 0 Å². The number of hydrazine groups is 1. The first kappa shape index (κ1) is 50.1. The highest BCUT2D eigenvalue weighted by molar-refractivity contribution is 5.96. The molecular formula is C53H67N9O8. The number of rotatable bonds is 9. The number of phenolic OH excluding ortho intramolecular Hbond substituents is 1. The number of amides is 4. The number of nitrogens with one attached hydrogen (secondary N) is 2. The zero-order valence-corrected chi connectivity index (χ0v) is 41.3. The van der Waals surface area contributed by atoms with Gasteiger partial charge < -0.3 is 34.3 Å². The largest absolute Gasteiger partial charge is 0.508 e. The summed E-state index contributed by atoms with van der Waals surface area (Å²) >= 11 is 0. The maximum atomic E-state index is 14.7. The van der Waals surface area contributed by atoms with Crippen LogP contribution in [0.15, 0.2) is 55.1 Å². The van der Waals surface area contributed by atoms with Gasteiger partial charge in [-0.1, -0.05) is 45.7 Å². The van der Waals surface area contributed by atoms with Crippen LogP contribution in [0.1, 0.15) is 65.0 Å². The molecule has 0 spiro atoms. The minimum atomic E-state index is -1.12. The van der Waals surface area contributed by atoms with E-state index in [0.29, 0.717) is 70.6 Å². The Labute approximate surface area is 410 Å². The first-order valence-electron chi connectivity index (χ1n) is 24.7. The number of cyclic esters (lactones) is 1. The molecule has 4 aliphatic rings. The van der Waals surface area contributed by atoms with Crippen molar-refractivity contribution in [2.24, 2.45) is 23.2 Å². The Bertz CT molecular complexity index is 2650. The van der Waals surface area contributed by atoms with Crippen molar-refractivity contribution in [3.05, 3.63) is 66.2 Å². The van der Waals surface area contributed by atoms with E-state index in [1.54, 1.807) is 29.0 Å². The molecule has 0 radical (unpaired) electrons. The fraction of sp³-hybridized carbons (Fsp3) is 0.528. The lowest BCUT2D eigenvalue weighted by atomic mass is 9.84. The molecule has 70 heavy (non-hydrogen) atoms. The average molecular weight is 958 g/mol. The lowest BCUT2D eigenvalue weighted by molar-refractivity contribution is -0.155. The van der Waals surface area contributed by atoms with Crippen LogP contribution in [0, 0.1) is 35.0 Å². The predicted octanol–water partition coefficient (Wildman–Crippen LogP) is 4.05. The number of aromatic nitrogens is 3. The quantitative estimate of drug-likeness (QED) is 0.161. The number of fused-ring (bicyclic) bond motifs is 6. The van der Waals surface area contributed by atoms with Gasteiger partial charge in [0, 0.05) is 93.6 Å². The van der Waals surface area contributed by atoms with Crippen molar-refractivity contribution in [3.63, 3.8) is 0 Å². The number of benzene rings is 2. The third-order valence-electron chi connectivity index (χ3n) is 14.1. The number of phenols is 1. The van der Waals surface area contributed by atoms with Crippen molar-refractivity contribution in [1.82, 2.24) is 45.0 Å². The second-order valence-electron chi connectivity index (χ2n) is 20.3. The summed E-state index contributed by atoms with van der Waals surface area (Å²) in [4.78, 5) is 84.0.